The molecule has 0 saturated carbocycles. The Balaban J connectivity index is 2.24. The van der Waals surface area contributed by atoms with E-state index in [9.17, 15) is 4.79 Å². The third kappa shape index (κ3) is 13.4. The Hall–Kier alpha value is -2.35. The molecule has 2 nitrogen and oxygen atoms in total. The van der Waals surface area contributed by atoms with Crippen LogP contribution in [0.5, 0.6) is 5.75 Å². The van der Waals surface area contributed by atoms with Crippen LogP contribution in [0.15, 0.2) is 72.9 Å². The Morgan fingerprint density at radius 2 is 1.24 bits per heavy atom. The summed E-state index contributed by atoms with van der Waals surface area (Å²) in [5, 5.41) is 0. The first-order valence-electron chi connectivity index (χ1n) is 13.1. The fraction of sp³-hybridized carbons (Fsp3) is 0.531. The molecule has 0 aliphatic heterocycles. The summed E-state index contributed by atoms with van der Waals surface area (Å²) >= 11 is 0. The molecule has 0 unspecified atom stereocenters. The third-order valence-corrected chi connectivity index (χ3v) is 5.88. The number of carbonyl (C=O) groups excluding carboxylic acids is 1. The summed E-state index contributed by atoms with van der Waals surface area (Å²) in [4.78, 5) is 12.6. The molecular formula is C32H48O2. The average molecular weight is 465 g/mol. The highest BCUT2D eigenvalue weighted by Gasteiger charge is 2.29. The number of unbranched alkanes of at least 4 members (excludes halogenated alkanes) is 3. The van der Waals surface area contributed by atoms with Crippen LogP contribution >= 0.6 is 0 Å². The van der Waals surface area contributed by atoms with Crippen LogP contribution < -0.4 is 4.74 Å². The summed E-state index contributed by atoms with van der Waals surface area (Å²) in [5.74, 6) is 0.440. The number of rotatable bonds is 15. The van der Waals surface area contributed by atoms with Gasteiger partial charge in [-0.25, -0.2) is 0 Å². The molecule has 0 amide bonds. The fourth-order valence-corrected chi connectivity index (χ4v) is 3.38. The van der Waals surface area contributed by atoms with Gasteiger partial charge in [-0.2, -0.15) is 0 Å². The maximum atomic E-state index is 12.6. The van der Waals surface area contributed by atoms with Gasteiger partial charge in [0.2, 0.25) is 0 Å². The molecule has 0 aliphatic rings. The molecule has 2 heteroatoms. The van der Waals surface area contributed by atoms with E-state index in [0.717, 1.165) is 32.1 Å². The van der Waals surface area contributed by atoms with E-state index < -0.39 is 5.41 Å². The van der Waals surface area contributed by atoms with E-state index in [1.807, 2.05) is 38.1 Å². The zero-order chi connectivity index (χ0) is 25.3. The number of carbonyl (C=O) groups is 1. The van der Waals surface area contributed by atoms with E-state index in [2.05, 4.69) is 76.3 Å². The molecule has 0 fully saturated rings. The fourth-order valence-electron chi connectivity index (χ4n) is 3.38. The van der Waals surface area contributed by atoms with Crippen molar-refractivity contribution in [2.24, 2.45) is 5.41 Å². The van der Waals surface area contributed by atoms with Crippen LogP contribution in [0.4, 0.5) is 0 Å². The van der Waals surface area contributed by atoms with E-state index in [-0.39, 0.29) is 11.4 Å². The average Bonchev–Trinajstić information content (AvgIpc) is 2.78. The van der Waals surface area contributed by atoms with Gasteiger partial charge >= 0.3 is 5.97 Å². The van der Waals surface area contributed by atoms with Crippen LogP contribution in [-0.4, -0.2) is 5.97 Å². The van der Waals surface area contributed by atoms with Gasteiger partial charge in [0, 0.05) is 0 Å². The predicted octanol–water partition coefficient (Wildman–Crippen LogP) is 9.67. The highest BCUT2D eigenvalue weighted by atomic mass is 16.5. The molecule has 34 heavy (non-hydrogen) atoms. The van der Waals surface area contributed by atoms with E-state index in [0.29, 0.717) is 5.75 Å². The van der Waals surface area contributed by atoms with Gasteiger partial charge in [0.25, 0.3) is 0 Å². The maximum absolute atomic E-state index is 12.6. The first-order valence-corrected chi connectivity index (χ1v) is 13.1. The van der Waals surface area contributed by atoms with Gasteiger partial charge in [-0.1, -0.05) is 101 Å². The number of esters is 1. The molecular weight excluding hydrogens is 416 g/mol. The molecule has 1 aromatic rings. The normalized spacial score (nSPS) is 13.1. The number of benzene rings is 1. The highest BCUT2D eigenvalue weighted by Crippen LogP contribution is 2.28. The molecule has 1 aromatic carbocycles. The Morgan fingerprint density at radius 3 is 1.74 bits per heavy atom. The minimum absolute atomic E-state index is 0.0882. The predicted molar refractivity (Wildman–Crippen MR) is 148 cm³/mol. The molecule has 0 radical (unpaired) electrons. The molecule has 0 N–H and O–H groups in total. The lowest BCUT2D eigenvalue weighted by Crippen LogP contribution is -2.28. The van der Waals surface area contributed by atoms with Crippen LogP contribution in [0.25, 0.3) is 0 Å². The van der Waals surface area contributed by atoms with Crippen LogP contribution in [-0.2, 0) is 10.2 Å². The number of ether oxygens (including phenoxy) is 1. The molecule has 0 spiro atoms. The topological polar surface area (TPSA) is 26.3 Å². The van der Waals surface area contributed by atoms with Gasteiger partial charge in [0.1, 0.15) is 5.75 Å². The summed E-state index contributed by atoms with van der Waals surface area (Å²) in [6.07, 6.45) is 27.4. The van der Waals surface area contributed by atoms with E-state index in [1.54, 1.807) is 0 Å². The van der Waals surface area contributed by atoms with Crippen molar-refractivity contribution < 1.29 is 9.53 Å². The third-order valence-electron chi connectivity index (χ3n) is 5.88. The molecule has 0 heterocycles. The Bertz CT molecular complexity index is 798. The second-order valence-electron chi connectivity index (χ2n) is 10.7. The molecule has 188 valence electrons. The first-order chi connectivity index (χ1) is 16.2. The number of hydrogen-bond acceptors (Lipinski definition) is 2. The van der Waals surface area contributed by atoms with Gasteiger partial charge in [0.05, 0.1) is 5.41 Å². The monoisotopic (exact) mass is 464 g/mol. The largest absolute Gasteiger partial charge is 0.426 e. The van der Waals surface area contributed by atoms with Gasteiger partial charge < -0.3 is 4.74 Å². The lowest BCUT2D eigenvalue weighted by atomic mass is 9.87. The van der Waals surface area contributed by atoms with Gasteiger partial charge in [0.15, 0.2) is 0 Å². The summed E-state index contributed by atoms with van der Waals surface area (Å²) < 4.78 is 5.64. The van der Waals surface area contributed by atoms with Crippen LogP contribution in [0.1, 0.15) is 105 Å². The smallest absolute Gasteiger partial charge is 0.316 e. The van der Waals surface area contributed by atoms with E-state index >= 15 is 0 Å². The molecule has 0 aliphatic carbocycles. The zero-order valence-electron chi connectivity index (χ0n) is 22.6. The zero-order valence-corrected chi connectivity index (χ0v) is 22.6. The Morgan fingerprint density at radius 1 is 0.735 bits per heavy atom. The summed E-state index contributed by atoms with van der Waals surface area (Å²) in [6, 6.07) is 7.85. The van der Waals surface area contributed by atoms with Crippen LogP contribution in [0, 0.1) is 5.41 Å². The van der Waals surface area contributed by atoms with E-state index in [4.69, 9.17) is 4.74 Å². The van der Waals surface area contributed by atoms with Crippen molar-refractivity contribution in [1.82, 2.24) is 0 Å². The van der Waals surface area contributed by atoms with Crippen molar-refractivity contribution in [3.63, 3.8) is 0 Å². The second-order valence-corrected chi connectivity index (χ2v) is 10.7. The Kier molecular flexibility index (Phi) is 14.2. The van der Waals surface area contributed by atoms with Crippen molar-refractivity contribution in [3.8, 4) is 5.75 Å². The summed E-state index contributed by atoms with van der Waals surface area (Å²) in [7, 11) is 0. The number of hydrogen-bond donors (Lipinski definition) is 0. The molecule has 1 rings (SSSR count). The van der Waals surface area contributed by atoms with E-state index in [1.165, 1.54) is 31.2 Å². The minimum atomic E-state index is -0.516. The first kappa shape index (κ1) is 29.7. The molecule has 0 bridgehead atoms. The lowest BCUT2D eigenvalue weighted by Gasteiger charge is -2.22. The van der Waals surface area contributed by atoms with Crippen molar-refractivity contribution in [2.75, 3.05) is 0 Å². The summed E-state index contributed by atoms with van der Waals surface area (Å²) in [6.45, 7) is 12.7. The highest BCUT2D eigenvalue weighted by molar-refractivity contribution is 5.78. The quantitative estimate of drug-likeness (QED) is 0.112. The van der Waals surface area contributed by atoms with Gasteiger partial charge in [-0.05, 0) is 81.9 Å². The summed E-state index contributed by atoms with van der Waals surface area (Å²) in [5.41, 5.74) is 0.801. The maximum Gasteiger partial charge on any atom is 0.316 e. The van der Waals surface area contributed by atoms with Crippen molar-refractivity contribution in [2.45, 2.75) is 105 Å². The van der Waals surface area contributed by atoms with Crippen molar-refractivity contribution >= 4 is 5.97 Å². The van der Waals surface area contributed by atoms with Crippen molar-refractivity contribution in [1.29, 1.82) is 0 Å². The van der Waals surface area contributed by atoms with Gasteiger partial charge in [-0.15, -0.1) is 0 Å². The Labute approximate surface area is 209 Å². The lowest BCUT2D eigenvalue weighted by molar-refractivity contribution is -0.144. The van der Waals surface area contributed by atoms with Crippen molar-refractivity contribution in [3.05, 3.63) is 78.4 Å². The SMILES string of the molecule is CCCCCC=CCC=CCC=CCC=CCCC(C)(C)C(=O)Oc1ccc(C(C)(C)C)cc1. The standard InChI is InChI=1S/C32H48O2/c1-7-8-9-10-11-12-13-14-15-16-17-18-19-20-21-22-27-32(5,6)30(33)34-29-25-23-28(24-26-29)31(2,3)4/h11-12,14-15,17-18,20-21,23-26H,7-10,13,16,19,22,27H2,1-6H3. The van der Waals surface area contributed by atoms with Gasteiger partial charge in [-0.3, -0.25) is 4.79 Å². The molecule has 0 atom stereocenters. The number of allylic oxidation sites excluding steroid dienone is 8. The van der Waals surface area contributed by atoms with Crippen LogP contribution in [0.3, 0.4) is 0 Å². The van der Waals surface area contributed by atoms with Crippen LogP contribution in [0.2, 0.25) is 0 Å². The molecule has 0 aromatic heterocycles. The molecule has 0 saturated heterocycles. The second kappa shape index (κ2) is 16.3. The minimum Gasteiger partial charge on any atom is -0.426 e.